The predicted molar refractivity (Wildman–Crippen MR) is 130 cm³/mol. The number of carbonyl (C=O) groups is 1. The third-order valence-electron chi connectivity index (χ3n) is 6.03. The lowest BCUT2D eigenvalue weighted by Gasteiger charge is -2.25. The number of sulfonamides is 1. The number of hydrogen-bond donors (Lipinski definition) is 4. The van der Waals surface area contributed by atoms with E-state index in [0.29, 0.717) is 31.9 Å². The average molecular weight is 500 g/mol. The number of ether oxygens (including phenoxy) is 1. The van der Waals surface area contributed by atoms with Crippen LogP contribution in [0, 0.1) is 6.92 Å². The zero-order valence-corrected chi connectivity index (χ0v) is 20.2. The first-order chi connectivity index (χ1) is 16.8. The van der Waals surface area contributed by atoms with Gasteiger partial charge in [0.25, 0.3) is 5.91 Å². The molecule has 186 valence electrons. The van der Waals surface area contributed by atoms with Gasteiger partial charge >= 0.3 is 0 Å². The monoisotopic (exact) mass is 499 g/mol. The molecular weight excluding hydrogens is 470 g/mol. The van der Waals surface area contributed by atoms with Crippen LogP contribution in [0.25, 0.3) is 10.9 Å². The molecule has 4 rings (SSSR count). The van der Waals surface area contributed by atoms with Crippen molar-refractivity contribution >= 4 is 26.8 Å². The maximum atomic E-state index is 12.8. The highest BCUT2D eigenvalue weighted by Crippen LogP contribution is 2.22. The number of rotatable bonds is 9. The summed E-state index contributed by atoms with van der Waals surface area (Å²) >= 11 is 0. The molecule has 2 unspecified atom stereocenters. The molecule has 0 radical (unpaired) electrons. The molecule has 5 N–H and O–H groups in total. The summed E-state index contributed by atoms with van der Waals surface area (Å²) in [5.74, 6) is -0.171. The van der Waals surface area contributed by atoms with Gasteiger partial charge in [-0.1, -0.05) is 18.2 Å². The minimum absolute atomic E-state index is 0.0383. The van der Waals surface area contributed by atoms with Gasteiger partial charge < -0.3 is 10.5 Å². The molecule has 3 aromatic rings. The molecule has 10 nitrogen and oxygen atoms in total. The number of carbonyl (C=O) groups excluding carboxylic acids is 1. The van der Waals surface area contributed by atoms with E-state index in [2.05, 4.69) is 9.71 Å². The van der Waals surface area contributed by atoms with Crippen LogP contribution in [0.4, 0.5) is 0 Å². The maximum absolute atomic E-state index is 12.8. The molecule has 1 fully saturated rings. The van der Waals surface area contributed by atoms with Gasteiger partial charge in [-0.3, -0.25) is 19.9 Å². The summed E-state index contributed by atoms with van der Waals surface area (Å²) < 4.78 is 34.0. The molecule has 1 amide bonds. The predicted octanol–water partition coefficient (Wildman–Crippen LogP) is 1.31. The number of aryl methyl sites for hydroxylation is 1. The average Bonchev–Trinajstić information content (AvgIpc) is 3.28. The lowest BCUT2D eigenvalue weighted by molar-refractivity contribution is -0.134. The number of fused-ring (bicyclic) bond motifs is 1. The summed E-state index contributed by atoms with van der Waals surface area (Å²) in [6.45, 7) is 3.02. The van der Waals surface area contributed by atoms with E-state index in [0.717, 1.165) is 22.2 Å². The highest BCUT2D eigenvalue weighted by Gasteiger charge is 2.32. The first-order valence-electron chi connectivity index (χ1n) is 11.3. The first-order valence-corrected chi connectivity index (χ1v) is 12.8. The Labute approximate surface area is 204 Å². The maximum Gasteiger partial charge on any atom is 0.262 e. The van der Waals surface area contributed by atoms with E-state index in [1.54, 1.807) is 22.5 Å². The quantitative estimate of drug-likeness (QED) is 0.255. The van der Waals surface area contributed by atoms with Crippen molar-refractivity contribution in [3.05, 3.63) is 65.9 Å². The summed E-state index contributed by atoms with van der Waals surface area (Å²) in [6.07, 6.45) is 0.693. The molecule has 1 saturated heterocycles. The fraction of sp³-hybridized carbons (Fsp3) is 0.333. The second-order valence-electron chi connectivity index (χ2n) is 8.59. The molecule has 35 heavy (non-hydrogen) atoms. The molecule has 2 atom stereocenters. The van der Waals surface area contributed by atoms with Gasteiger partial charge in [0.15, 0.2) is 0 Å². The number of nitrogens with zero attached hydrogens (tertiary/aromatic N) is 2. The van der Waals surface area contributed by atoms with Crippen molar-refractivity contribution in [2.24, 2.45) is 5.73 Å². The zero-order chi connectivity index (χ0) is 25.0. The van der Waals surface area contributed by atoms with E-state index >= 15 is 0 Å². The zero-order valence-electron chi connectivity index (χ0n) is 19.3. The highest BCUT2D eigenvalue weighted by atomic mass is 32.2. The fourth-order valence-corrected chi connectivity index (χ4v) is 5.26. The standard InChI is InChI=1S/C24H29N5O5S/c1-16-12-17(21-4-2-3-5-22(21)27-16)15-34-19-6-8-20(9-7-19)35(32,33)26-13-23(24(30)28-31)29-11-10-18(25)14-29/h2-9,12,18,23,26,31H,10-11,13-15,25H2,1H3,(H,28,30). The van der Waals surface area contributed by atoms with E-state index in [-0.39, 0.29) is 17.5 Å². The van der Waals surface area contributed by atoms with Gasteiger partial charge in [0, 0.05) is 42.3 Å². The van der Waals surface area contributed by atoms with E-state index in [9.17, 15) is 13.2 Å². The van der Waals surface area contributed by atoms with Gasteiger partial charge in [0.2, 0.25) is 10.0 Å². The van der Waals surface area contributed by atoms with Gasteiger partial charge in [-0.2, -0.15) is 0 Å². The van der Waals surface area contributed by atoms with Crippen LogP contribution in [0.2, 0.25) is 0 Å². The van der Waals surface area contributed by atoms with Crippen molar-refractivity contribution in [2.45, 2.75) is 36.9 Å². The fourth-order valence-electron chi connectivity index (χ4n) is 4.22. The summed E-state index contributed by atoms with van der Waals surface area (Å²) in [6, 6.07) is 14.9. The summed E-state index contributed by atoms with van der Waals surface area (Å²) in [5, 5.41) is 10.1. The molecule has 0 aliphatic carbocycles. The molecule has 2 heterocycles. The van der Waals surface area contributed by atoms with Crippen molar-refractivity contribution < 1.29 is 23.2 Å². The van der Waals surface area contributed by atoms with Crippen LogP contribution in [-0.4, -0.2) is 61.1 Å². The van der Waals surface area contributed by atoms with Crippen molar-refractivity contribution in [3.63, 3.8) is 0 Å². The van der Waals surface area contributed by atoms with Gasteiger partial charge in [-0.25, -0.2) is 18.6 Å². The van der Waals surface area contributed by atoms with Crippen LogP contribution in [-0.2, 0) is 21.4 Å². The Bertz CT molecular complexity index is 1300. The molecule has 1 aliphatic heterocycles. The lowest BCUT2D eigenvalue weighted by Crippen LogP contribution is -2.51. The molecule has 1 aromatic heterocycles. The number of hydrogen-bond acceptors (Lipinski definition) is 8. The van der Waals surface area contributed by atoms with E-state index in [4.69, 9.17) is 15.7 Å². The molecule has 0 spiro atoms. The van der Waals surface area contributed by atoms with Crippen LogP contribution in [0.15, 0.2) is 59.5 Å². The van der Waals surface area contributed by atoms with Crippen molar-refractivity contribution in [1.82, 2.24) is 20.1 Å². The van der Waals surface area contributed by atoms with E-state index in [1.165, 1.54) is 12.1 Å². The van der Waals surface area contributed by atoms with Gasteiger partial charge in [0.05, 0.1) is 10.4 Å². The minimum atomic E-state index is -3.89. The number of pyridine rings is 1. The number of nitrogens with two attached hydrogens (primary N) is 1. The van der Waals surface area contributed by atoms with Crippen molar-refractivity contribution in [1.29, 1.82) is 0 Å². The summed E-state index contributed by atoms with van der Waals surface area (Å²) in [4.78, 5) is 18.4. The highest BCUT2D eigenvalue weighted by molar-refractivity contribution is 7.89. The molecule has 0 bridgehead atoms. The Balaban J connectivity index is 1.41. The Morgan fingerprint density at radius 3 is 2.69 bits per heavy atom. The number of amides is 1. The van der Waals surface area contributed by atoms with Crippen molar-refractivity contribution in [2.75, 3.05) is 19.6 Å². The van der Waals surface area contributed by atoms with E-state index < -0.39 is 22.0 Å². The van der Waals surface area contributed by atoms with Crippen LogP contribution >= 0.6 is 0 Å². The van der Waals surface area contributed by atoms with Crippen LogP contribution in [0.5, 0.6) is 5.75 Å². The molecule has 0 saturated carbocycles. The number of aromatic nitrogens is 1. The second-order valence-corrected chi connectivity index (χ2v) is 10.4. The number of para-hydroxylation sites is 1. The summed E-state index contributed by atoms with van der Waals surface area (Å²) in [5.41, 5.74) is 10.3. The molecule has 11 heteroatoms. The number of benzene rings is 2. The SMILES string of the molecule is Cc1cc(COc2ccc(S(=O)(=O)NCC(C(=O)NO)N3CCC(N)C3)cc2)c2ccccc2n1. The minimum Gasteiger partial charge on any atom is -0.489 e. The van der Waals surface area contributed by atoms with Gasteiger partial charge in [-0.05, 0) is 49.7 Å². The number of likely N-dealkylation sites (tertiary alicyclic amines) is 1. The van der Waals surface area contributed by atoms with Crippen LogP contribution in [0.3, 0.4) is 0 Å². The number of hydroxylamine groups is 1. The Kier molecular flexibility index (Phi) is 7.63. The van der Waals surface area contributed by atoms with Crippen LogP contribution in [0.1, 0.15) is 17.7 Å². The second kappa shape index (κ2) is 10.7. The topological polar surface area (TPSA) is 147 Å². The van der Waals surface area contributed by atoms with Gasteiger partial charge in [0.1, 0.15) is 18.4 Å². The molecular formula is C24H29N5O5S. The smallest absolute Gasteiger partial charge is 0.262 e. The van der Waals surface area contributed by atoms with Crippen molar-refractivity contribution in [3.8, 4) is 5.75 Å². The number of nitrogens with one attached hydrogen (secondary N) is 2. The third-order valence-corrected chi connectivity index (χ3v) is 7.47. The van der Waals surface area contributed by atoms with E-state index in [1.807, 2.05) is 37.3 Å². The largest absolute Gasteiger partial charge is 0.489 e. The Hall–Kier alpha value is -3.09. The summed E-state index contributed by atoms with van der Waals surface area (Å²) in [7, 11) is -3.89. The van der Waals surface area contributed by atoms with Gasteiger partial charge in [-0.15, -0.1) is 0 Å². The molecule has 2 aromatic carbocycles. The molecule has 1 aliphatic rings. The van der Waals surface area contributed by atoms with Crippen LogP contribution < -0.4 is 20.7 Å². The normalized spacial score (nSPS) is 17.4. The first kappa shape index (κ1) is 25.0. The Morgan fingerprint density at radius 2 is 2.00 bits per heavy atom. The Morgan fingerprint density at radius 1 is 1.26 bits per heavy atom. The lowest BCUT2D eigenvalue weighted by atomic mass is 10.1. The third kappa shape index (κ3) is 5.95.